The van der Waals surface area contributed by atoms with E-state index in [1.165, 1.54) is 17.1 Å². The topological polar surface area (TPSA) is 55.8 Å². The van der Waals surface area contributed by atoms with Gasteiger partial charge >= 0.3 is 12.1 Å². The van der Waals surface area contributed by atoms with Gasteiger partial charge in [0, 0.05) is 12.1 Å². The summed E-state index contributed by atoms with van der Waals surface area (Å²) in [5, 5.41) is 0. The van der Waals surface area contributed by atoms with Gasteiger partial charge < -0.3 is 9.47 Å². The lowest BCUT2D eigenvalue weighted by molar-refractivity contribution is -0.144. The van der Waals surface area contributed by atoms with Gasteiger partial charge in [-0.05, 0) is 33.8 Å². The van der Waals surface area contributed by atoms with Crippen LogP contribution in [0.2, 0.25) is 0 Å². The van der Waals surface area contributed by atoms with E-state index in [0.717, 1.165) is 0 Å². The van der Waals surface area contributed by atoms with Crippen LogP contribution in [0.3, 0.4) is 0 Å². The van der Waals surface area contributed by atoms with Crippen LogP contribution in [0.4, 0.5) is 4.79 Å². The fraction of sp³-hybridized carbons (Fsp3) is 0.444. The van der Waals surface area contributed by atoms with Crippen molar-refractivity contribution in [3.05, 3.63) is 50.1 Å². The van der Waals surface area contributed by atoms with Gasteiger partial charge in [0.2, 0.25) is 0 Å². The highest BCUT2D eigenvalue weighted by Crippen LogP contribution is 2.17. The number of rotatable bonds is 8. The Morgan fingerprint density at radius 2 is 1.74 bits per heavy atom. The molecule has 0 aromatic rings. The molecule has 128 valence electrons. The summed E-state index contributed by atoms with van der Waals surface area (Å²) in [4.78, 5) is 25.5. The molecule has 0 aromatic heterocycles. The van der Waals surface area contributed by atoms with E-state index in [0.29, 0.717) is 0 Å². The molecule has 0 aliphatic heterocycles. The van der Waals surface area contributed by atoms with Gasteiger partial charge in [-0.15, -0.1) is 13.2 Å². The number of esters is 1. The van der Waals surface area contributed by atoms with Crippen molar-refractivity contribution >= 4 is 12.1 Å². The van der Waals surface area contributed by atoms with Gasteiger partial charge in [-0.25, -0.2) is 9.59 Å². The van der Waals surface area contributed by atoms with Crippen LogP contribution in [0.5, 0.6) is 0 Å². The van der Waals surface area contributed by atoms with E-state index >= 15 is 0 Å². The Morgan fingerprint density at radius 3 is 2.09 bits per heavy atom. The number of nitrogens with zero attached hydrogens (tertiary/aromatic N) is 1. The molecule has 0 rings (SSSR count). The molecule has 0 aliphatic rings. The molecule has 0 unspecified atom stereocenters. The molecule has 0 heterocycles. The lowest BCUT2D eigenvalue weighted by Crippen LogP contribution is -2.48. The quantitative estimate of drug-likeness (QED) is 0.389. The molecule has 0 spiro atoms. The fourth-order valence-corrected chi connectivity index (χ4v) is 1.70. The maximum Gasteiger partial charge on any atom is 0.411 e. The van der Waals surface area contributed by atoms with Crippen molar-refractivity contribution in [1.29, 1.82) is 0 Å². The Bertz CT molecular complexity index is 488. The summed E-state index contributed by atoms with van der Waals surface area (Å²) in [7, 11) is 0. The van der Waals surface area contributed by atoms with E-state index in [-0.39, 0.29) is 12.1 Å². The van der Waals surface area contributed by atoms with Gasteiger partial charge in [0.25, 0.3) is 0 Å². The molecule has 0 fully saturated rings. The highest BCUT2D eigenvalue weighted by atomic mass is 16.6. The minimum Gasteiger partial charge on any atom is -0.452 e. The normalized spacial score (nSPS) is 13.2. The molecule has 2 atom stereocenters. The van der Waals surface area contributed by atoms with Crippen LogP contribution in [0.1, 0.15) is 27.7 Å². The van der Waals surface area contributed by atoms with E-state index < -0.39 is 29.8 Å². The lowest BCUT2D eigenvalue weighted by Gasteiger charge is -2.34. The molecule has 23 heavy (non-hydrogen) atoms. The lowest BCUT2D eigenvalue weighted by atomic mass is 10.1. The summed E-state index contributed by atoms with van der Waals surface area (Å²) in [5.74, 6) is -0.565. The second-order valence-electron chi connectivity index (χ2n) is 6.03. The van der Waals surface area contributed by atoms with E-state index in [1.54, 1.807) is 33.8 Å². The van der Waals surface area contributed by atoms with Crippen LogP contribution in [0, 0.1) is 0 Å². The van der Waals surface area contributed by atoms with Crippen LogP contribution < -0.4 is 0 Å². The number of carbonyl (C=O) groups is 2. The standard InChI is InChI=1S/C18H27NO4/c1-9-12-19(17(21)23-18(6,7)8)14(10-2)15(11-3)22-16(20)13(4)5/h9-11,14-15H,1-4,12H2,5-8H3/t14-,15-/m0/s1. The van der Waals surface area contributed by atoms with Gasteiger partial charge in [0.05, 0.1) is 6.04 Å². The molecule has 0 saturated heterocycles. The molecular formula is C18H27NO4. The van der Waals surface area contributed by atoms with Crippen LogP contribution in [-0.2, 0) is 14.3 Å². The van der Waals surface area contributed by atoms with Crippen molar-refractivity contribution in [2.75, 3.05) is 6.54 Å². The Balaban J connectivity index is 5.42. The maximum absolute atomic E-state index is 12.4. The van der Waals surface area contributed by atoms with Crippen molar-refractivity contribution in [3.63, 3.8) is 0 Å². The fourth-order valence-electron chi connectivity index (χ4n) is 1.70. The van der Waals surface area contributed by atoms with E-state index in [9.17, 15) is 9.59 Å². The largest absolute Gasteiger partial charge is 0.452 e. The third-order valence-corrected chi connectivity index (χ3v) is 2.72. The summed E-state index contributed by atoms with van der Waals surface area (Å²) in [6.07, 6.45) is 3.17. The molecule has 0 aliphatic carbocycles. The van der Waals surface area contributed by atoms with Gasteiger partial charge in [0.1, 0.15) is 11.7 Å². The zero-order chi connectivity index (χ0) is 18.2. The molecule has 0 saturated carbocycles. The zero-order valence-corrected chi connectivity index (χ0v) is 14.5. The maximum atomic E-state index is 12.4. The molecule has 0 radical (unpaired) electrons. The summed E-state index contributed by atoms with van der Waals surface area (Å²) in [5.41, 5.74) is -0.396. The highest BCUT2D eigenvalue weighted by Gasteiger charge is 2.32. The summed E-state index contributed by atoms with van der Waals surface area (Å²) < 4.78 is 10.7. The number of carbonyl (C=O) groups excluding carboxylic acids is 2. The molecular weight excluding hydrogens is 294 g/mol. The van der Waals surface area contributed by atoms with Crippen molar-refractivity contribution in [2.24, 2.45) is 0 Å². The van der Waals surface area contributed by atoms with Crippen molar-refractivity contribution < 1.29 is 19.1 Å². The Kier molecular flexibility index (Phi) is 8.08. The van der Waals surface area contributed by atoms with Crippen molar-refractivity contribution in [1.82, 2.24) is 4.90 Å². The van der Waals surface area contributed by atoms with Crippen molar-refractivity contribution in [3.8, 4) is 0 Å². The average molecular weight is 321 g/mol. The predicted octanol–water partition coefficient (Wildman–Crippen LogP) is 3.64. The van der Waals surface area contributed by atoms with Gasteiger partial charge in [0.15, 0.2) is 0 Å². The van der Waals surface area contributed by atoms with Crippen LogP contribution in [0.25, 0.3) is 0 Å². The first kappa shape index (κ1) is 20.7. The Labute approximate surface area is 138 Å². The SMILES string of the molecule is C=CCN(C(=O)OC(C)(C)C)[C@@H](C=C)[C@H](C=C)OC(=O)C(=C)C. The molecule has 0 N–H and O–H groups in total. The monoisotopic (exact) mass is 321 g/mol. The van der Waals surface area contributed by atoms with Gasteiger partial charge in [-0.2, -0.15) is 0 Å². The number of ether oxygens (including phenoxy) is 2. The number of hydrogen-bond donors (Lipinski definition) is 0. The second kappa shape index (κ2) is 8.98. The van der Waals surface area contributed by atoms with Crippen LogP contribution in [-0.4, -0.2) is 41.3 Å². The van der Waals surface area contributed by atoms with Crippen molar-refractivity contribution in [2.45, 2.75) is 45.4 Å². The van der Waals surface area contributed by atoms with E-state index in [2.05, 4.69) is 26.3 Å². The van der Waals surface area contributed by atoms with E-state index in [1.807, 2.05) is 0 Å². The minimum absolute atomic E-state index is 0.209. The Hall–Kier alpha value is -2.30. The summed E-state index contributed by atoms with van der Waals surface area (Å²) >= 11 is 0. The average Bonchev–Trinajstić information content (AvgIpc) is 2.43. The number of amides is 1. The Morgan fingerprint density at radius 1 is 1.17 bits per heavy atom. The van der Waals surface area contributed by atoms with Crippen LogP contribution >= 0.6 is 0 Å². The van der Waals surface area contributed by atoms with Crippen LogP contribution in [0.15, 0.2) is 50.1 Å². The minimum atomic E-state index is -0.774. The van der Waals surface area contributed by atoms with E-state index in [4.69, 9.17) is 9.47 Å². The first-order valence-electron chi connectivity index (χ1n) is 7.29. The molecule has 0 bridgehead atoms. The molecule has 0 aromatic carbocycles. The molecule has 1 amide bonds. The smallest absolute Gasteiger partial charge is 0.411 e. The predicted molar refractivity (Wildman–Crippen MR) is 92.0 cm³/mol. The summed E-state index contributed by atoms with van der Waals surface area (Å²) in [6.45, 7) is 21.6. The van der Waals surface area contributed by atoms with Gasteiger partial charge in [-0.3, -0.25) is 4.90 Å². The highest BCUT2D eigenvalue weighted by molar-refractivity contribution is 5.87. The zero-order valence-electron chi connectivity index (χ0n) is 14.5. The first-order valence-corrected chi connectivity index (χ1v) is 7.29. The third kappa shape index (κ3) is 7.00. The third-order valence-electron chi connectivity index (χ3n) is 2.72. The molecule has 5 nitrogen and oxygen atoms in total. The number of hydrogen-bond acceptors (Lipinski definition) is 4. The first-order chi connectivity index (χ1) is 10.6. The van der Waals surface area contributed by atoms with Gasteiger partial charge in [-0.1, -0.05) is 25.3 Å². The molecule has 5 heteroatoms. The summed E-state index contributed by atoms with van der Waals surface area (Å²) in [6, 6.07) is -0.636. The second-order valence-corrected chi connectivity index (χ2v) is 6.03.